The summed E-state index contributed by atoms with van der Waals surface area (Å²) in [4.78, 5) is 0. The maximum Gasteiger partial charge on any atom is 0.164 e. The van der Waals surface area contributed by atoms with Gasteiger partial charge in [0.05, 0.1) is 6.04 Å². The van der Waals surface area contributed by atoms with Crippen molar-refractivity contribution in [3.05, 3.63) is 35.7 Å². The van der Waals surface area contributed by atoms with Crippen molar-refractivity contribution in [1.29, 1.82) is 0 Å². The highest BCUT2D eigenvalue weighted by atomic mass is 19.1. The van der Waals surface area contributed by atoms with Gasteiger partial charge in [-0.2, -0.15) is 0 Å². The number of aromatic nitrogens is 3. The van der Waals surface area contributed by atoms with Crippen molar-refractivity contribution in [3.63, 3.8) is 0 Å². The highest BCUT2D eigenvalue weighted by Gasteiger charge is 2.37. The lowest BCUT2D eigenvalue weighted by Gasteiger charge is -2.25. The summed E-state index contributed by atoms with van der Waals surface area (Å²) >= 11 is 0. The molecule has 1 aromatic heterocycles. The Morgan fingerprint density at radius 1 is 1.10 bits per heavy atom. The molecule has 2 aliphatic rings. The van der Waals surface area contributed by atoms with E-state index >= 15 is 0 Å². The summed E-state index contributed by atoms with van der Waals surface area (Å²) < 4.78 is 28.7. The quantitative estimate of drug-likeness (QED) is 0.915. The lowest BCUT2D eigenvalue weighted by atomic mass is 10.1. The van der Waals surface area contributed by atoms with Gasteiger partial charge in [-0.25, -0.2) is 8.78 Å². The van der Waals surface area contributed by atoms with Crippen LogP contribution in [0.15, 0.2) is 18.2 Å². The molecule has 1 N–H and O–H groups in total. The monoisotopic (exact) mass is 276 g/mol. The van der Waals surface area contributed by atoms with E-state index in [1.54, 1.807) is 0 Å². The fourth-order valence-corrected chi connectivity index (χ4v) is 2.89. The molecule has 0 radical (unpaired) electrons. The van der Waals surface area contributed by atoms with Crippen molar-refractivity contribution in [2.75, 3.05) is 6.54 Å². The minimum Gasteiger partial charge on any atom is -0.308 e. The molecule has 1 saturated carbocycles. The number of halogens is 2. The predicted molar refractivity (Wildman–Crippen MR) is 68.8 cm³/mol. The minimum absolute atomic E-state index is 0.225. The predicted octanol–water partition coefficient (Wildman–Crippen LogP) is 2.28. The van der Waals surface area contributed by atoms with Gasteiger partial charge in [-0.15, -0.1) is 10.2 Å². The Kier molecular flexibility index (Phi) is 2.60. The minimum atomic E-state index is -0.593. The second-order valence-electron chi connectivity index (χ2n) is 5.46. The molecule has 0 bridgehead atoms. The Labute approximate surface area is 114 Å². The van der Waals surface area contributed by atoms with Gasteiger partial charge in [0.1, 0.15) is 11.6 Å². The van der Waals surface area contributed by atoms with Gasteiger partial charge in [0.2, 0.25) is 0 Å². The summed E-state index contributed by atoms with van der Waals surface area (Å²) in [6, 6.07) is 3.69. The van der Waals surface area contributed by atoms with Crippen LogP contribution in [-0.2, 0) is 6.54 Å². The van der Waals surface area contributed by atoms with Gasteiger partial charge in [0, 0.05) is 24.7 Å². The van der Waals surface area contributed by atoms with Crippen LogP contribution in [0.1, 0.15) is 24.7 Å². The van der Waals surface area contributed by atoms with Gasteiger partial charge >= 0.3 is 0 Å². The molecule has 1 aliphatic heterocycles. The van der Waals surface area contributed by atoms with E-state index < -0.39 is 11.6 Å². The summed E-state index contributed by atoms with van der Waals surface area (Å²) in [5.74, 6) is 0.870. The summed E-state index contributed by atoms with van der Waals surface area (Å²) in [6.45, 7) is 1.55. The first-order chi connectivity index (χ1) is 9.72. The molecule has 0 spiro atoms. The number of hydrogen-bond donors (Lipinski definition) is 1. The van der Waals surface area contributed by atoms with E-state index in [-0.39, 0.29) is 6.04 Å². The maximum atomic E-state index is 13.4. The molecule has 0 saturated heterocycles. The number of fused-ring (bicyclic) bond motifs is 1. The molecular weight excluding hydrogens is 262 g/mol. The molecule has 1 fully saturated rings. The molecule has 2 aromatic rings. The fraction of sp³-hybridized carbons (Fsp3) is 0.429. The van der Waals surface area contributed by atoms with E-state index in [4.69, 9.17) is 0 Å². The molecule has 0 amide bonds. The van der Waals surface area contributed by atoms with Gasteiger partial charge in [-0.1, -0.05) is 0 Å². The van der Waals surface area contributed by atoms with Crippen molar-refractivity contribution < 1.29 is 8.78 Å². The Bertz CT molecular complexity index is 643. The van der Waals surface area contributed by atoms with Crippen molar-refractivity contribution in [2.45, 2.75) is 25.4 Å². The van der Waals surface area contributed by atoms with E-state index in [9.17, 15) is 8.78 Å². The third-order valence-electron chi connectivity index (χ3n) is 3.97. The van der Waals surface area contributed by atoms with Crippen LogP contribution < -0.4 is 5.32 Å². The SMILES string of the molecule is Fc1cc(F)cc(-c2nnc3n2CCNC3C2CC2)c1. The van der Waals surface area contributed by atoms with Crippen molar-refractivity contribution in [1.82, 2.24) is 20.1 Å². The van der Waals surface area contributed by atoms with Gasteiger partial charge in [-0.3, -0.25) is 0 Å². The van der Waals surface area contributed by atoms with Crippen LogP contribution in [-0.4, -0.2) is 21.3 Å². The van der Waals surface area contributed by atoms with E-state index in [0.29, 0.717) is 17.3 Å². The zero-order valence-electron chi connectivity index (χ0n) is 10.8. The Morgan fingerprint density at radius 2 is 1.85 bits per heavy atom. The van der Waals surface area contributed by atoms with E-state index in [0.717, 1.165) is 25.0 Å². The van der Waals surface area contributed by atoms with E-state index in [2.05, 4.69) is 15.5 Å². The van der Waals surface area contributed by atoms with Crippen LogP contribution in [0.5, 0.6) is 0 Å². The Morgan fingerprint density at radius 3 is 2.55 bits per heavy atom. The second-order valence-corrected chi connectivity index (χ2v) is 5.46. The van der Waals surface area contributed by atoms with Crippen LogP contribution in [0, 0.1) is 17.6 Å². The van der Waals surface area contributed by atoms with Crippen LogP contribution in [0.4, 0.5) is 8.78 Å². The van der Waals surface area contributed by atoms with Gasteiger partial charge < -0.3 is 9.88 Å². The molecule has 1 aromatic carbocycles. The molecule has 6 heteroatoms. The van der Waals surface area contributed by atoms with Crippen LogP contribution in [0.25, 0.3) is 11.4 Å². The van der Waals surface area contributed by atoms with Crippen LogP contribution in [0.3, 0.4) is 0 Å². The smallest absolute Gasteiger partial charge is 0.164 e. The summed E-state index contributed by atoms with van der Waals surface area (Å²) in [7, 11) is 0. The van der Waals surface area contributed by atoms with Crippen molar-refractivity contribution >= 4 is 0 Å². The third-order valence-corrected chi connectivity index (χ3v) is 3.97. The van der Waals surface area contributed by atoms with Crippen molar-refractivity contribution in [3.8, 4) is 11.4 Å². The highest BCUT2D eigenvalue weighted by molar-refractivity contribution is 5.55. The van der Waals surface area contributed by atoms with E-state index in [1.807, 2.05) is 4.57 Å². The Balaban J connectivity index is 1.79. The standard InChI is InChI=1S/C14H14F2N4/c15-10-5-9(6-11(16)7-10)13-18-19-14-12(8-1-2-8)17-3-4-20(13)14/h5-8,12,17H,1-4H2. The fourth-order valence-electron chi connectivity index (χ4n) is 2.89. The molecule has 20 heavy (non-hydrogen) atoms. The number of benzene rings is 1. The lowest BCUT2D eigenvalue weighted by Crippen LogP contribution is -2.35. The zero-order valence-corrected chi connectivity index (χ0v) is 10.8. The largest absolute Gasteiger partial charge is 0.308 e. The average molecular weight is 276 g/mol. The average Bonchev–Trinajstić information content (AvgIpc) is 3.16. The van der Waals surface area contributed by atoms with Gasteiger partial charge in [0.25, 0.3) is 0 Å². The van der Waals surface area contributed by atoms with Gasteiger partial charge in [0.15, 0.2) is 11.6 Å². The summed E-state index contributed by atoms with van der Waals surface area (Å²) in [5, 5.41) is 11.8. The van der Waals surface area contributed by atoms with Gasteiger partial charge in [-0.05, 0) is 30.9 Å². The number of nitrogens with one attached hydrogen (secondary N) is 1. The molecular formula is C14H14F2N4. The third kappa shape index (κ3) is 1.91. The molecule has 4 nitrogen and oxygen atoms in total. The highest BCUT2D eigenvalue weighted by Crippen LogP contribution is 2.42. The molecule has 104 valence electrons. The molecule has 1 unspecified atom stereocenters. The van der Waals surface area contributed by atoms with Crippen LogP contribution in [0.2, 0.25) is 0 Å². The first-order valence-electron chi connectivity index (χ1n) is 6.85. The lowest BCUT2D eigenvalue weighted by molar-refractivity contribution is 0.383. The first-order valence-corrected chi connectivity index (χ1v) is 6.85. The number of hydrogen-bond acceptors (Lipinski definition) is 3. The topological polar surface area (TPSA) is 42.7 Å². The van der Waals surface area contributed by atoms with Crippen molar-refractivity contribution in [2.24, 2.45) is 5.92 Å². The molecule has 1 atom stereocenters. The zero-order chi connectivity index (χ0) is 13.7. The second kappa shape index (κ2) is 4.34. The molecule has 1 aliphatic carbocycles. The van der Waals surface area contributed by atoms with E-state index in [1.165, 1.54) is 25.0 Å². The number of nitrogens with zero attached hydrogens (tertiary/aromatic N) is 3. The summed E-state index contributed by atoms with van der Waals surface area (Å²) in [5.41, 5.74) is 0.442. The Hall–Kier alpha value is -1.82. The van der Waals surface area contributed by atoms with Crippen LogP contribution >= 0.6 is 0 Å². The maximum absolute atomic E-state index is 13.4. The first kappa shape index (κ1) is 12.0. The molecule has 2 heterocycles. The molecule has 4 rings (SSSR count). The normalized spacial score (nSPS) is 21.8. The number of rotatable bonds is 2. The summed E-state index contributed by atoms with van der Waals surface area (Å²) in [6.07, 6.45) is 2.41.